The molecule has 0 radical (unpaired) electrons. The van der Waals surface area contributed by atoms with Crippen molar-refractivity contribution in [3.8, 4) is 11.8 Å². The van der Waals surface area contributed by atoms with Crippen LogP contribution in [0.1, 0.15) is 5.56 Å². The lowest BCUT2D eigenvalue weighted by Crippen LogP contribution is -2.17. The van der Waals surface area contributed by atoms with Crippen molar-refractivity contribution < 1.29 is 0 Å². The van der Waals surface area contributed by atoms with Crippen LogP contribution >= 0.6 is 11.8 Å². The van der Waals surface area contributed by atoms with Crippen molar-refractivity contribution in [2.75, 3.05) is 18.8 Å². The van der Waals surface area contributed by atoms with Crippen LogP contribution in [0.25, 0.3) is 0 Å². The third kappa shape index (κ3) is 5.65. The van der Waals surface area contributed by atoms with Gasteiger partial charge in [0.15, 0.2) is 0 Å². The van der Waals surface area contributed by atoms with E-state index in [2.05, 4.69) is 41.4 Å². The van der Waals surface area contributed by atoms with Crippen LogP contribution in [0.3, 0.4) is 0 Å². The van der Waals surface area contributed by atoms with Crippen molar-refractivity contribution >= 4 is 11.8 Å². The van der Waals surface area contributed by atoms with Crippen LogP contribution in [-0.2, 0) is 0 Å². The molecule has 0 amide bonds. The summed E-state index contributed by atoms with van der Waals surface area (Å²) in [5.41, 5.74) is 1.07. The van der Waals surface area contributed by atoms with E-state index in [0.29, 0.717) is 0 Å². The average molecular weight is 267 g/mol. The Kier molecular flexibility index (Phi) is 6.09. The van der Waals surface area contributed by atoms with Gasteiger partial charge in [-0.3, -0.25) is 0 Å². The van der Waals surface area contributed by atoms with Gasteiger partial charge in [0.2, 0.25) is 0 Å². The molecule has 19 heavy (non-hydrogen) atoms. The van der Waals surface area contributed by atoms with Gasteiger partial charge in [0.1, 0.15) is 0 Å². The maximum absolute atomic E-state index is 3.33. The molecule has 0 atom stereocenters. The van der Waals surface area contributed by atoms with E-state index >= 15 is 0 Å². The zero-order valence-electron chi connectivity index (χ0n) is 10.8. The van der Waals surface area contributed by atoms with Crippen LogP contribution < -0.4 is 5.32 Å². The molecular weight excluding hydrogens is 250 g/mol. The molecule has 0 spiro atoms. The Labute approximate surface area is 119 Å². The summed E-state index contributed by atoms with van der Waals surface area (Å²) in [6, 6.07) is 20.5. The lowest BCUT2D eigenvalue weighted by molar-refractivity contribution is 0.818. The van der Waals surface area contributed by atoms with E-state index < -0.39 is 0 Å². The first kappa shape index (κ1) is 13.7. The van der Waals surface area contributed by atoms with E-state index in [1.54, 1.807) is 0 Å². The number of thioether (sulfide) groups is 1. The maximum atomic E-state index is 3.33. The van der Waals surface area contributed by atoms with Crippen molar-refractivity contribution in [2.45, 2.75) is 4.90 Å². The minimum absolute atomic E-state index is 0.740. The smallest absolute Gasteiger partial charge is 0.0580 e. The van der Waals surface area contributed by atoms with Gasteiger partial charge in [-0.05, 0) is 24.3 Å². The molecule has 0 aliphatic heterocycles. The lowest BCUT2D eigenvalue weighted by atomic mass is 10.2. The molecular formula is C17H17NS. The zero-order valence-corrected chi connectivity index (χ0v) is 11.6. The highest BCUT2D eigenvalue weighted by atomic mass is 32.2. The number of hydrogen-bond acceptors (Lipinski definition) is 2. The average Bonchev–Trinajstić information content (AvgIpc) is 2.48. The van der Waals surface area contributed by atoms with Crippen LogP contribution in [0.5, 0.6) is 0 Å². The minimum atomic E-state index is 0.740. The van der Waals surface area contributed by atoms with Gasteiger partial charge in [0, 0.05) is 22.8 Å². The second kappa shape index (κ2) is 8.42. The minimum Gasteiger partial charge on any atom is -0.305 e. The molecule has 0 unspecified atom stereocenters. The molecule has 0 saturated carbocycles. The Morgan fingerprint density at radius 3 is 2.32 bits per heavy atom. The van der Waals surface area contributed by atoms with Gasteiger partial charge < -0.3 is 5.32 Å². The Morgan fingerprint density at radius 1 is 0.895 bits per heavy atom. The normalized spacial score (nSPS) is 9.68. The van der Waals surface area contributed by atoms with Crippen molar-refractivity contribution in [2.24, 2.45) is 0 Å². The standard InChI is InChI=1S/C17H17NS/c1-3-8-16(9-4-1)10-7-13-18-14-15-19-17-11-5-2-6-12-17/h1-6,8-9,11-12,18H,13-15H2. The molecule has 0 bridgehead atoms. The molecule has 1 N–H and O–H groups in total. The molecule has 1 nitrogen and oxygen atoms in total. The van der Waals surface area contributed by atoms with Crippen molar-refractivity contribution in [1.29, 1.82) is 0 Å². The number of nitrogens with one attached hydrogen (secondary N) is 1. The Morgan fingerprint density at radius 2 is 1.58 bits per heavy atom. The number of rotatable bonds is 5. The van der Waals surface area contributed by atoms with E-state index in [0.717, 1.165) is 24.4 Å². The monoisotopic (exact) mass is 267 g/mol. The van der Waals surface area contributed by atoms with Crippen molar-refractivity contribution in [1.82, 2.24) is 5.32 Å². The van der Waals surface area contributed by atoms with Gasteiger partial charge in [-0.2, -0.15) is 0 Å². The predicted molar refractivity (Wildman–Crippen MR) is 83.4 cm³/mol. The van der Waals surface area contributed by atoms with E-state index in [1.807, 2.05) is 48.2 Å². The van der Waals surface area contributed by atoms with Crippen LogP contribution in [0.4, 0.5) is 0 Å². The summed E-state index contributed by atoms with van der Waals surface area (Å²) >= 11 is 1.86. The summed E-state index contributed by atoms with van der Waals surface area (Å²) in [5.74, 6) is 7.33. The highest BCUT2D eigenvalue weighted by molar-refractivity contribution is 7.99. The molecule has 96 valence electrons. The van der Waals surface area contributed by atoms with Crippen LogP contribution in [0, 0.1) is 11.8 Å². The van der Waals surface area contributed by atoms with Gasteiger partial charge in [-0.25, -0.2) is 0 Å². The quantitative estimate of drug-likeness (QED) is 0.506. The third-order valence-electron chi connectivity index (χ3n) is 2.51. The molecule has 0 heterocycles. The second-order valence-corrected chi connectivity index (χ2v) is 5.17. The summed E-state index contributed by atoms with van der Waals surface area (Å²) < 4.78 is 0. The summed E-state index contributed by atoms with van der Waals surface area (Å²) in [5, 5.41) is 3.33. The fourth-order valence-electron chi connectivity index (χ4n) is 1.58. The molecule has 0 fully saturated rings. The first-order chi connectivity index (χ1) is 9.45. The summed E-state index contributed by atoms with van der Waals surface area (Å²) in [6.45, 7) is 1.72. The molecule has 2 aromatic carbocycles. The Hall–Kier alpha value is -1.69. The van der Waals surface area contributed by atoms with Crippen molar-refractivity contribution in [3.05, 3.63) is 66.2 Å². The molecule has 2 aromatic rings. The van der Waals surface area contributed by atoms with Gasteiger partial charge in [0.25, 0.3) is 0 Å². The van der Waals surface area contributed by atoms with Gasteiger partial charge in [-0.15, -0.1) is 11.8 Å². The SMILES string of the molecule is C(#Cc1ccccc1)CNCCSc1ccccc1. The Balaban J connectivity index is 1.59. The van der Waals surface area contributed by atoms with Crippen LogP contribution in [0.2, 0.25) is 0 Å². The molecule has 2 heteroatoms. The summed E-state index contributed by atoms with van der Waals surface area (Å²) in [4.78, 5) is 1.32. The third-order valence-corrected chi connectivity index (χ3v) is 3.52. The highest BCUT2D eigenvalue weighted by Gasteiger charge is 1.91. The van der Waals surface area contributed by atoms with Gasteiger partial charge in [0.05, 0.1) is 6.54 Å². The highest BCUT2D eigenvalue weighted by Crippen LogP contribution is 2.15. The zero-order chi connectivity index (χ0) is 13.2. The summed E-state index contributed by atoms with van der Waals surface area (Å²) in [6.07, 6.45) is 0. The Bertz CT molecular complexity index is 525. The summed E-state index contributed by atoms with van der Waals surface area (Å²) in [7, 11) is 0. The maximum Gasteiger partial charge on any atom is 0.0580 e. The largest absolute Gasteiger partial charge is 0.305 e. The number of hydrogen-bond donors (Lipinski definition) is 1. The van der Waals surface area contributed by atoms with E-state index in [4.69, 9.17) is 0 Å². The number of benzene rings is 2. The lowest BCUT2D eigenvalue weighted by Gasteiger charge is -2.01. The predicted octanol–water partition coefficient (Wildman–Crippen LogP) is 3.42. The second-order valence-electron chi connectivity index (χ2n) is 4.01. The molecule has 0 saturated heterocycles. The first-order valence-electron chi connectivity index (χ1n) is 6.37. The fourth-order valence-corrected chi connectivity index (χ4v) is 2.41. The van der Waals surface area contributed by atoms with E-state index in [-0.39, 0.29) is 0 Å². The first-order valence-corrected chi connectivity index (χ1v) is 7.36. The topological polar surface area (TPSA) is 12.0 Å². The molecule has 2 rings (SSSR count). The van der Waals surface area contributed by atoms with Crippen LogP contribution in [-0.4, -0.2) is 18.8 Å². The van der Waals surface area contributed by atoms with Gasteiger partial charge >= 0.3 is 0 Å². The fraction of sp³-hybridized carbons (Fsp3) is 0.176. The molecule has 0 aliphatic rings. The van der Waals surface area contributed by atoms with E-state index in [9.17, 15) is 0 Å². The van der Waals surface area contributed by atoms with E-state index in [1.165, 1.54) is 4.90 Å². The van der Waals surface area contributed by atoms with Gasteiger partial charge in [-0.1, -0.05) is 48.2 Å². The molecule has 0 aromatic heterocycles. The van der Waals surface area contributed by atoms with Crippen molar-refractivity contribution in [3.63, 3.8) is 0 Å². The van der Waals surface area contributed by atoms with Crippen LogP contribution in [0.15, 0.2) is 65.6 Å². The molecule has 0 aliphatic carbocycles.